The van der Waals surface area contributed by atoms with Gasteiger partial charge in [-0.25, -0.2) is 0 Å². The molecule has 1 N–H and O–H groups in total. The first kappa shape index (κ1) is 21.8. The standard InChI is InChI=1S/C23H35IO5/c1-22-9-8-14(25)10-13(22)4-5-15-16-6-7-17(21(27)28-3)23(16,2)11-18(20(15)22)29-19(26)12-24/h13-18,20,25H,4-12H2,1-3H3/t13-,14+,15-,16-,17+,18-,20+,22-,23-/m0/s1. The number of carbonyl (C=O) groups excluding carboxylic acids is 2. The lowest BCUT2D eigenvalue weighted by Gasteiger charge is -2.62. The Hall–Kier alpha value is -0.370. The van der Waals surface area contributed by atoms with Gasteiger partial charge in [-0.05, 0) is 80.0 Å². The van der Waals surface area contributed by atoms with Crippen LogP contribution < -0.4 is 0 Å². The molecule has 0 bridgehead atoms. The van der Waals surface area contributed by atoms with Crippen LogP contribution >= 0.6 is 22.6 Å². The van der Waals surface area contributed by atoms with Gasteiger partial charge < -0.3 is 14.6 Å². The molecule has 4 fully saturated rings. The maximum absolute atomic E-state index is 12.6. The fourth-order valence-corrected chi connectivity index (χ4v) is 8.34. The van der Waals surface area contributed by atoms with E-state index in [0.717, 1.165) is 51.4 Å². The molecule has 164 valence electrons. The van der Waals surface area contributed by atoms with Crippen LogP contribution in [0.15, 0.2) is 0 Å². The molecule has 0 aromatic rings. The van der Waals surface area contributed by atoms with Crippen molar-refractivity contribution < 1.29 is 24.2 Å². The molecule has 4 aliphatic carbocycles. The predicted molar refractivity (Wildman–Crippen MR) is 117 cm³/mol. The first-order valence-electron chi connectivity index (χ1n) is 11.3. The third-order valence-corrected chi connectivity index (χ3v) is 10.0. The van der Waals surface area contributed by atoms with Gasteiger partial charge in [0.1, 0.15) is 6.10 Å². The lowest BCUT2D eigenvalue weighted by Crippen LogP contribution is -2.60. The maximum Gasteiger partial charge on any atom is 0.316 e. The number of ether oxygens (including phenoxy) is 2. The van der Waals surface area contributed by atoms with Gasteiger partial charge >= 0.3 is 11.9 Å². The smallest absolute Gasteiger partial charge is 0.316 e. The van der Waals surface area contributed by atoms with Gasteiger partial charge in [0, 0.05) is 5.92 Å². The molecule has 0 aromatic heterocycles. The summed E-state index contributed by atoms with van der Waals surface area (Å²) >= 11 is 2.07. The second-order valence-electron chi connectivity index (χ2n) is 10.5. The van der Waals surface area contributed by atoms with Gasteiger partial charge in [0.05, 0.1) is 23.6 Å². The Morgan fingerprint density at radius 2 is 1.86 bits per heavy atom. The number of fused-ring (bicyclic) bond motifs is 5. The molecule has 0 spiro atoms. The van der Waals surface area contributed by atoms with E-state index in [1.165, 1.54) is 7.11 Å². The van der Waals surface area contributed by atoms with Gasteiger partial charge in [-0.2, -0.15) is 0 Å². The second kappa shape index (κ2) is 7.95. The molecule has 4 rings (SSSR count). The highest BCUT2D eigenvalue weighted by Crippen LogP contribution is 2.68. The molecule has 4 aliphatic rings. The normalized spacial score (nSPS) is 48.8. The van der Waals surface area contributed by atoms with Crippen molar-refractivity contribution in [3.8, 4) is 0 Å². The average molecular weight is 518 g/mol. The van der Waals surface area contributed by atoms with Crippen LogP contribution in [-0.4, -0.2) is 40.8 Å². The van der Waals surface area contributed by atoms with Crippen molar-refractivity contribution in [1.29, 1.82) is 0 Å². The summed E-state index contributed by atoms with van der Waals surface area (Å²) in [5.74, 6) is 1.44. The number of aliphatic hydroxyl groups is 1. The number of rotatable bonds is 3. The van der Waals surface area contributed by atoms with Gasteiger partial charge in [0.2, 0.25) is 0 Å². The number of hydrogen-bond acceptors (Lipinski definition) is 5. The van der Waals surface area contributed by atoms with Crippen molar-refractivity contribution in [1.82, 2.24) is 0 Å². The van der Waals surface area contributed by atoms with Crippen molar-refractivity contribution in [2.45, 2.75) is 77.4 Å². The minimum absolute atomic E-state index is 0.0991. The summed E-state index contributed by atoms with van der Waals surface area (Å²) in [5.41, 5.74) is -0.0646. The zero-order valence-electron chi connectivity index (χ0n) is 17.9. The maximum atomic E-state index is 12.6. The number of aliphatic hydroxyl groups excluding tert-OH is 1. The topological polar surface area (TPSA) is 72.8 Å². The molecular weight excluding hydrogens is 483 g/mol. The molecule has 0 radical (unpaired) electrons. The van der Waals surface area contributed by atoms with Gasteiger partial charge in [-0.15, -0.1) is 0 Å². The fraction of sp³-hybridized carbons (Fsp3) is 0.913. The van der Waals surface area contributed by atoms with E-state index in [9.17, 15) is 14.7 Å². The van der Waals surface area contributed by atoms with Gasteiger partial charge in [0.25, 0.3) is 0 Å². The van der Waals surface area contributed by atoms with Crippen LogP contribution in [0.2, 0.25) is 0 Å². The molecule has 0 aliphatic heterocycles. The largest absolute Gasteiger partial charge is 0.469 e. The van der Waals surface area contributed by atoms with E-state index in [2.05, 4.69) is 36.4 Å². The zero-order chi connectivity index (χ0) is 21.0. The Morgan fingerprint density at radius 1 is 1.10 bits per heavy atom. The Kier molecular flexibility index (Phi) is 5.99. The summed E-state index contributed by atoms with van der Waals surface area (Å²) < 4.78 is 11.6. The third-order valence-electron chi connectivity index (χ3n) is 9.42. The highest BCUT2D eigenvalue weighted by molar-refractivity contribution is 14.1. The minimum Gasteiger partial charge on any atom is -0.469 e. The van der Waals surface area contributed by atoms with E-state index < -0.39 is 0 Å². The summed E-state index contributed by atoms with van der Waals surface area (Å²) in [4.78, 5) is 25.0. The molecule has 0 aromatic carbocycles. The molecule has 6 heteroatoms. The highest BCUT2D eigenvalue weighted by atomic mass is 127. The Bertz CT molecular complexity index is 668. The number of alkyl halides is 1. The van der Waals surface area contributed by atoms with E-state index >= 15 is 0 Å². The quantitative estimate of drug-likeness (QED) is 0.346. The molecular formula is C23H35IO5. The monoisotopic (exact) mass is 518 g/mol. The van der Waals surface area contributed by atoms with Crippen LogP contribution in [0.1, 0.15) is 65.2 Å². The van der Waals surface area contributed by atoms with Gasteiger partial charge in [-0.1, -0.05) is 36.4 Å². The SMILES string of the molecule is COC(=O)[C@H]1CC[C@H]2[C@@H]3CC[C@H]4C[C@H](O)CC[C@]4(C)[C@H]3[C@@H](OC(=O)CI)C[C@]12C. The van der Waals surface area contributed by atoms with Gasteiger partial charge in [-0.3, -0.25) is 9.59 Å². The average Bonchev–Trinajstić information content (AvgIpc) is 3.04. The van der Waals surface area contributed by atoms with Crippen molar-refractivity contribution in [3.05, 3.63) is 0 Å². The van der Waals surface area contributed by atoms with E-state index in [0.29, 0.717) is 28.1 Å². The first-order chi connectivity index (χ1) is 13.7. The van der Waals surface area contributed by atoms with Crippen LogP contribution in [0.25, 0.3) is 0 Å². The second-order valence-corrected chi connectivity index (χ2v) is 11.3. The molecule has 5 nitrogen and oxygen atoms in total. The molecule has 9 atom stereocenters. The van der Waals surface area contributed by atoms with Crippen molar-refractivity contribution >= 4 is 34.5 Å². The van der Waals surface area contributed by atoms with E-state index in [1.54, 1.807) is 0 Å². The molecule has 4 saturated carbocycles. The van der Waals surface area contributed by atoms with Crippen LogP contribution in [-0.2, 0) is 19.1 Å². The Morgan fingerprint density at radius 3 is 2.55 bits per heavy atom. The van der Waals surface area contributed by atoms with Crippen molar-refractivity contribution in [2.24, 2.45) is 40.4 Å². The summed E-state index contributed by atoms with van der Waals surface area (Å²) in [5, 5.41) is 10.3. The van der Waals surface area contributed by atoms with Crippen molar-refractivity contribution in [2.75, 3.05) is 11.5 Å². The number of hydrogen-bond donors (Lipinski definition) is 1. The van der Waals surface area contributed by atoms with Crippen LogP contribution in [0, 0.1) is 40.4 Å². The van der Waals surface area contributed by atoms with Crippen molar-refractivity contribution in [3.63, 3.8) is 0 Å². The Balaban J connectivity index is 1.71. The summed E-state index contributed by atoms with van der Waals surface area (Å²) in [7, 11) is 1.48. The molecule has 29 heavy (non-hydrogen) atoms. The Labute approximate surface area is 187 Å². The fourth-order valence-electron chi connectivity index (χ4n) is 8.16. The number of esters is 2. The van der Waals surface area contributed by atoms with Crippen LogP contribution in [0.4, 0.5) is 0 Å². The molecule has 0 amide bonds. The lowest BCUT2D eigenvalue weighted by atomic mass is 9.44. The molecule has 0 heterocycles. The summed E-state index contributed by atoms with van der Waals surface area (Å²) in [6.45, 7) is 4.63. The lowest BCUT2D eigenvalue weighted by molar-refractivity contribution is -0.199. The van der Waals surface area contributed by atoms with E-state index in [4.69, 9.17) is 9.47 Å². The molecule has 0 unspecified atom stereocenters. The van der Waals surface area contributed by atoms with Crippen LogP contribution in [0.3, 0.4) is 0 Å². The van der Waals surface area contributed by atoms with E-state index in [1.807, 2.05) is 0 Å². The first-order valence-corrected chi connectivity index (χ1v) is 12.8. The number of halogens is 1. The highest BCUT2D eigenvalue weighted by Gasteiger charge is 2.65. The summed E-state index contributed by atoms with van der Waals surface area (Å²) in [6.07, 6.45) is 7.34. The summed E-state index contributed by atoms with van der Waals surface area (Å²) in [6, 6.07) is 0. The number of carbonyl (C=O) groups is 2. The molecule has 0 saturated heterocycles. The van der Waals surface area contributed by atoms with Crippen LogP contribution in [0.5, 0.6) is 0 Å². The van der Waals surface area contributed by atoms with E-state index in [-0.39, 0.29) is 40.9 Å². The third kappa shape index (κ3) is 3.44. The van der Waals surface area contributed by atoms with Gasteiger partial charge in [0.15, 0.2) is 0 Å². The predicted octanol–water partition coefficient (Wildman–Crippen LogP) is 4.14. The number of methoxy groups -OCH3 is 1. The zero-order valence-corrected chi connectivity index (χ0v) is 20.0. The minimum atomic E-state index is -0.191.